The summed E-state index contributed by atoms with van der Waals surface area (Å²) in [5, 5.41) is 0. The number of hydrogen-bond acceptors (Lipinski definition) is 1. The monoisotopic (exact) mass is 270 g/mol. The lowest BCUT2D eigenvalue weighted by molar-refractivity contribution is 0.0977. The average molecular weight is 271 g/mol. The van der Waals surface area contributed by atoms with Crippen molar-refractivity contribution in [3.8, 4) is 0 Å². The quantitative estimate of drug-likeness (QED) is 0.757. The molecule has 15 heavy (non-hydrogen) atoms. The normalized spacial score (nSPS) is 15.3. The molecule has 0 radical (unpaired) electrons. The summed E-state index contributed by atoms with van der Waals surface area (Å²) in [6, 6.07) is 4.56. The minimum Gasteiger partial charge on any atom is -0.294 e. The molecule has 2 rings (SSSR count). The third-order valence-corrected chi connectivity index (χ3v) is 3.36. The van der Waals surface area contributed by atoms with Gasteiger partial charge in [0.25, 0.3) is 0 Å². The van der Waals surface area contributed by atoms with Crippen molar-refractivity contribution in [3.63, 3.8) is 0 Å². The van der Waals surface area contributed by atoms with Gasteiger partial charge in [0.05, 0.1) is 4.47 Å². The molecule has 1 aliphatic rings. The standard InChI is InChI=1S/C12H12BrFO/c13-10-5-4-9(7-11(10)14)12(15)6-3-8-1-2-8/h4-5,7-8H,1-3,6H2. The van der Waals surface area contributed by atoms with Crippen LogP contribution in [-0.2, 0) is 0 Å². The zero-order chi connectivity index (χ0) is 10.8. The first kappa shape index (κ1) is 10.8. The molecule has 80 valence electrons. The Morgan fingerprint density at radius 2 is 2.20 bits per heavy atom. The molecule has 0 bridgehead atoms. The number of ketones is 1. The van der Waals surface area contributed by atoms with Crippen LogP contribution in [0.3, 0.4) is 0 Å². The predicted octanol–water partition coefficient (Wildman–Crippen LogP) is 3.96. The fourth-order valence-electron chi connectivity index (χ4n) is 1.56. The first-order chi connectivity index (χ1) is 7.16. The maximum atomic E-state index is 13.2. The molecule has 0 aliphatic heterocycles. The van der Waals surface area contributed by atoms with E-state index in [1.165, 1.54) is 18.9 Å². The highest BCUT2D eigenvalue weighted by Crippen LogP contribution is 2.33. The molecule has 0 atom stereocenters. The summed E-state index contributed by atoms with van der Waals surface area (Å²) in [5.41, 5.74) is 0.483. The summed E-state index contributed by atoms with van der Waals surface area (Å²) in [4.78, 5) is 11.7. The van der Waals surface area contributed by atoms with Crippen LogP contribution in [0.5, 0.6) is 0 Å². The molecule has 1 saturated carbocycles. The number of halogens is 2. The summed E-state index contributed by atoms with van der Waals surface area (Å²) in [6.07, 6.45) is 4.01. The van der Waals surface area contributed by atoms with Gasteiger partial charge in [0, 0.05) is 12.0 Å². The van der Waals surface area contributed by atoms with Gasteiger partial charge in [-0.05, 0) is 40.4 Å². The topological polar surface area (TPSA) is 17.1 Å². The zero-order valence-electron chi connectivity index (χ0n) is 8.30. The van der Waals surface area contributed by atoms with Crippen molar-refractivity contribution in [2.75, 3.05) is 0 Å². The molecule has 0 aromatic heterocycles. The highest BCUT2D eigenvalue weighted by Gasteiger charge is 2.22. The van der Waals surface area contributed by atoms with Crippen LogP contribution >= 0.6 is 15.9 Å². The van der Waals surface area contributed by atoms with Gasteiger partial charge >= 0.3 is 0 Å². The van der Waals surface area contributed by atoms with Crippen LogP contribution in [0.1, 0.15) is 36.0 Å². The van der Waals surface area contributed by atoms with Crippen LogP contribution in [-0.4, -0.2) is 5.78 Å². The van der Waals surface area contributed by atoms with Gasteiger partial charge in [0.2, 0.25) is 0 Å². The van der Waals surface area contributed by atoms with E-state index in [1.807, 2.05) is 0 Å². The van der Waals surface area contributed by atoms with Crippen molar-refractivity contribution in [2.45, 2.75) is 25.7 Å². The molecule has 0 N–H and O–H groups in total. The molecule has 0 unspecified atom stereocenters. The van der Waals surface area contributed by atoms with E-state index in [-0.39, 0.29) is 11.6 Å². The summed E-state index contributed by atoms with van der Waals surface area (Å²) in [5.74, 6) is 0.426. The zero-order valence-corrected chi connectivity index (χ0v) is 9.89. The number of hydrogen-bond donors (Lipinski definition) is 0. The Morgan fingerprint density at radius 3 is 2.80 bits per heavy atom. The largest absolute Gasteiger partial charge is 0.294 e. The van der Waals surface area contributed by atoms with E-state index < -0.39 is 0 Å². The Morgan fingerprint density at radius 1 is 1.47 bits per heavy atom. The van der Waals surface area contributed by atoms with Crippen LogP contribution in [0.4, 0.5) is 4.39 Å². The van der Waals surface area contributed by atoms with Gasteiger partial charge in [0.1, 0.15) is 5.82 Å². The smallest absolute Gasteiger partial charge is 0.162 e. The Labute approximate surface area is 96.8 Å². The van der Waals surface area contributed by atoms with Gasteiger partial charge < -0.3 is 0 Å². The van der Waals surface area contributed by atoms with Crippen molar-refractivity contribution < 1.29 is 9.18 Å². The highest BCUT2D eigenvalue weighted by atomic mass is 79.9. The number of rotatable bonds is 4. The summed E-state index contributed by atoms with van der Waals surface area (Å²) in [7, 11) is 0. The van der Waals surface area contributed by atoms with Crippen LogP contribution < -0.4 is 0 Å². The fourth-order valence-corrected chi connectivity index (χ4v) is 1.80. The van der Waals surface area contributed by atoms with Crippen LogP contribution in [0.15, 0.2) is 22.7 Å². The van der Waals surface area contributed by atoms with E-state index in [0.717, 1.165) is 12.3 Å². The first-order valence-corrected chi connectivity index (χ1v) is 5.94. The second kappa shape index (κ2) is 4.44. The van der Waals surface area contributed by atoms with E-state index in [1.54, 1.807) is 12.1 Å². The van der Waals surface area contributed by atoms with Gasteiger partial charge in [-0.3, -0.25) is 4.79 Å². The lowest BCUT2D eigenvalue weighted by Gasteiger charge is -2.01. The number of Topliss-reactive ketones (excluding diaryl/α,β-unsaturated/α-hetero) is 1. The predicted molar refractivity (Wildman–Crippen MR) is 60.4 cm³/mol. The second-order valence-corrected chi connectivity index (χ2v) is 4.89. The summed E-state index contributed by atoms with van der Waals surface area (Å²) < 4.78 is 13.6. The van der Waals surface area contributed by atoms with Crippen molar-refractivity contribution >= 4 is 21.7 Å². The van der Waals surface area contributed by atoms with E-state index in [4.69, 9.17) is 0 Å². The third kappa shape index (κ3) is 2.88. The number of carbonyl (C=O) groups excluding carboxylic acids is 1. The molecule has 0 heterocycles. The molecule has 1 aromatic rings. The molecule has 1 aliphatic carbocycles. The second-order valence-electron chi connectivity index (χ2n) is 4.03. The van der Waals surface area contributed by atoms with Crippen molar-refractivity contribution in [3.05, 3.63) is 34.1 Å². The summed E-state index contributed by atoms with van der Waals surface area (Å²) >= 11 is 3.06. The SMILES string of the molecule is O=C(CCC1CC1)c1ccc(Br)c(F)c1. The number of carbonyl (C=O) groups is 1. The molecule has 0 spiro atoms. The minimum atomic E-state index is -0.368. The van der Waals surface area contributed by atoms with Gasteiger partial charge in [-0.2, -0.15) is 0 Å². The maximum absolute atomic E-state index is 13.2. The Balaban J connectivity index is 2.00. The van der Waals surface area contributed by atoms with E-state index in [9.17, 15) is 9.18 Å². The van der Waals surface area contributed by atoms with Gasteiger partial charge in [-0.25, -0.2) is 4.39 Å². The third-order valence-electron chi connectivity index (χ3n) is 2.72. The van der Waals surface area contributed by atoms with Gasteiger partial charge in [0.15, 0.2) is 5.78 Å². The van der Waals surface area contributed by atoms with E-state index in [0.29, 0.717) is 16.5 Å². The molecular formula is C12H12BrFO. The van der Waals surface area contributed by atoms with Crippen molar-refractivity contribution in [1.29, 1.82) is 0 Å². The van der Waals surface area contributed by atoms with Crippen molar-refractivity contribution in [2.24, 2.45) is 5.92 Å². The van der Waals surface area contributed by atoms with Crippen LogP contribution in [0, 0.1) is 11.7 Å². The molecule has 1 aromatic carbocycles. The molecule has 0 saturated heterocycles. The van der Waals surface area contributed by atoms with Crippen LogP contribution in [0.2, 0.25) is 0 Å². The molecule has 1 fully saturated rings. The average Bonchev–Trinajstić information content (AvgIpc) is 3.02. The van der Waals surface area contributed by atoms with Crippen molar-refractivity contribution in [1.82, 2.24) is 0 Å². The van der Waals surface area contributed by atoms with E-state index >= 15 is 0 Å². The highest BCUT2D eigenvalue weighted by molar-refractivity contribution is 9.10. The molecule has 3 heteroatoms. The van der Waals surface area contributed by atoms with Crippen LogP contribution in [0.25, 0.3) is 0 Å². The van der Waals surface area contributed by atoms with Gasteiger partial charge in [-0.15, -0.1) is 0 Å². The first-order valence-electron chi connectivity index (χ1n) is 5.15. The molecular weight excluding hydrogens is 259 g/mol. The number of benzene rings is 1. The fraction of sp³-hybridized carbons (Fsp3) is 0.417. The summed E-state index contributed by atoms with van der Waals surface area (Å²) in [6.45, 7) is 0. The lowest BCUT2D eigenvalue weighted by Crippen LogP contribution is -2.00. The maximum Gasteiger partial charge on any atom is 0.162 e. The minimum absolute atomic E-state index is 0.0494. The Hall–Kier alpha value is -0.700. The molecule has 0 amide bonds. The Bertz CT molecular complexity index is 385. The Kier molecular flexibility index (Phi) is 3.19. The lowest BCUT2D eigenvalue weighted by atomic mass is 10.1. The van der Waals surface area contributed by atoms with E-state index in [2.05, 4.69) is 15.9 Å². The molecule has 1 nitrogen and oxygen atoms in total. The van der Waals surface area contributed by atoms with Gasteiger partial charge in [-0.1, -0.05) is 18.9 Å².